The Balaban J connectivity index is 1.51. The molecule has 0 spiro atoms. The summed E-state index contributed by atoms with van der Waals surface area (Å²) in [5.41, 5.74) is 5.82. The van der Waals surface area contributed by atoms with Gasteiger partial charge >= 0.3 is 0 Å². The van der Waals surface area contributed by atoms with Crippen LogP contribution in [-0.2, 0) is 14.8 Å². The van der Waals surface area contributed by atoms with Crippen molar-refractivity contribution in [2.24, 2.45) is 5.73 Å². The van der Waals surface area contributed by atoms with E-state index >= 15 is 0 Å². The molecule has 106 valence electrons. The van der Waals surface area contributed by atoms with Gasteiger partial charge in [0, 0.05) is 19.2 Å². The van der Waals surface area contributed by atoms with Crippen molar-refractivity contribution in [3.8, 4) is 0 Å². The van der Waals surface area contributed by atoms with Crippen molar-refractivity contribution in [3.63, 3.8) is 0 Å². The number of ether oxygens (including phenoxy) is 1. The van der Waals surface area contributed by atoms with E-state index in [4.69, 9.17) is 10.5 Å². The number of rotatable bonds is 7. The third-order valence-corrected chi connectivity index (χ3v) is 5.62. The van der Waals surface area contributed by atoms with Crippen LogP contribution in [0.3, 0.4) is 0 Å². The zero-order chi connectivity index (χ0) is 13.0. The van der Waals surface area contributed by atoms with Gasteiger partial charge in [-0.15, -0.1) is 0 Å². The van der Waals surface area contributed by atoms with E-state index in [0.29, 0.717) is 25.3 Å². The predicted octanol–water partition coefficient (Wildman–Crippen LogP) is 0.745. The van der Waals surface area contributed by atoms with Crippen molar-refractivity contribution in [2.75, 3.05) is 13.2 Å². The molecule has 2 aliphatic rings. The lowest BCUT2D eigenvalue weighted by molar-refractivity contribution is 0.0245. The molecule has 0 amide bonds. The maximum Gasteiger partial charge on any atom is 0.214 e. The van der Waals surface area contributed by atoms with Crippen molar-refractivity contribution in [1.82, 2.24) is 4.72 Å². The standard InChI is InChI=1S/C12H24N2O3S/c13-10-2-4-11(5-3-10)17-9-1-8-14-18(15,16)12-6-7-12/h10-12,14H,1-9,13H2. The summed E-state index contributed by atoms with van der Waals surface area (Å²) in [6.07, 6.45) is 6.85. The van der Waals surface area contributed by atoms with E-state index in [-0.39, 0.29) is 5.25 Å². The lowest BCUT2D eigenvalue weighted by atomic mass is 9.94. The summed E-state index contributed by atoms with van der Waals surface area (Å²) in [7, 11) is -3.02. The second-order valence-electron chi connectivity index (χ2n) is 5.40. The van der Waals surface area contributed by atoms with Crippen LogP contribution in [0, 0.1) is 0 Å². The van der Waals surface area contributed by atoms with Crippen molar-refractivity contribution in [2.45, 2.75) is 62.3 Å². The fourth-order valence-electron chi connectivity index (χ4n) is 2.29. The highest BCUT2D eigenvalue weighted by atomic mass is 32.2. The molecule has 0 unspecified atom stereocenters. The molecule has 5 nitrogen and oxygen atoms in total. The number of nitrogens with one attached hydrogen (secondary N) is 1. The summed E-state index contributed by atoms with van der Waals surface area (Å²) in [5.74, 6) is 0. The first-order chi connectivity index (χ1) is 8.58. The van der Waals surface area contributed by atoms with Gasteiger partial charge in [-0.2, -0.15) is 0 Å². The average Bonchev–Trinajstić information content (AvgIpc) is 3.15. The van der Waals surface area contributed by atoms with Crippen molar-refractivity contribution in [1.29, 1.82) is 0 Å². The molecule has 0 aromatic carbocycles. The fourth-order valence-corrected chi connectivity index (χ4v) is 3.71. The van der Waals surface area contributed by atoms with Crippen LogP contribution in [0.2, 0.25) is 0 Å². The van der Waals surface area contributed by atoms with Gasteiger partial charge in [-0.25, -0.2) is 13.1 Å². The van der Waals surface area contributed by atoms with Gasteiger partial charge in [-0.05, 0) is 44.9 Å². The summed E-state index contributed by atoms with van der Waals surface area (Å²) in [6, 6.07) is 0.343. The van der Waals surface area contributed by atoms with Crippen LogP contribution >= 0.6 is 0 Å². The van der Waals surface area contributed by atoms with Gasteiger partial charge in [0.2, 0.25) is 10.0 Å². The molecule has 0 atom stereocenters. The van der Waals surface area contributed by atoms with E-state index < -0.39 is 10.0 Å². The number of hydrogen-bond donors (Lipinski definition) is 2. The largest absolute Gasteiger partial charge is 0.378 e. The molecule has 0 saturated heterocycles. The Labute approximate surface area is 110 Å². The topological polar surface area (TPSA) is 81.4 Å². The highest BCUT2D eigenvalue weighted by molar-refractivity contribution is 7.90. The zero-order valence-corrected chi connectivity index (χ0v) is 11.6. The Morgan fingerprint density at radius 1 is 1.11 bits per heavy atom. The molecule has 6 heteroatoms. The van der Waals surface area contributed by atoms with E-state index in [1.54, 1.807) is 0 Å². The number of hydrogen-bond acceptors (Lipinski definition) is 4. The lowest BCUT2D eigenvalue weighted by Crippen LogP contribution is -2.31. The molecule has 0 radical (unpaired) electrons. The van der Waals surface area contributed by atoms with E-state index in [2.05, 4.69) is 4.72 Å². The molecule has 0 bridgehead atoms. The molecule has 2 fully saturated rings. The highest BCUT2D eigenvalue weighted by Crippen LogP contribution is 2.27. The molecule has 0 aromatic heterocycles. The summed E-state index contributed by atoms with van der Waals surface area (Å²) >= 11 is 0. The average molecular weight is 276 g/mol. The summed E-state index contributed by atoms with van der Waals surface area (Å²) in [6.45, 7) is 1.12. The van der Waals surface area contributed by atoms with Gasteiger partial charge < -0.3 is 10.5 Å². The quantitative estimate of drug-likeness (QED) is 0.672. The first-order valence-corrected chi connectivity index (χ1v) is 8.48. The van der Waals surface area contributed by atoms with E-state index in [1.165, 1.54) is 0 Å². The molecule has 18 heavy (non-hydrogen) atoms. The minimum atomic E-state index is -3.02. The molecule has 0 aliphatic heterocycles. The predicted molar refractivity (Wildman–Crippen MR) is 70.7 cm³/mol. The van der Waals surface area contributed by atoms with Crippen LogP contribution in [-0.4, -0.2) is 39.0 Å². The van der Waals surface area contributed by atoms with Crippen LogP contribution in [0.5, 0.6) is 0 Å². The fraction of sp³-hybridized carbons (Fsp3) is 1.00. The summed E-state index contributed by atoms with van der Waals surface area (Å²) < 4.78 is 31.4. The maximum absolute atomic E-state index is 11.5. The summed E-state index contributed by atoms with van der Waals surface area (Å²) in [5, 5.41) is -0.127. The Morgan fingerprint density at radius 2 is 1.78 bits per heavy atom. The van der Waals surface area contributed by atoms with Crippen molar-refractivity contribution >= 4 is 10.0 Å². The number of nitrogens with two attached hydrogens (primary N) is 1. The van der Waals surface area contributed by atoms with Crippen LogP contribution in [0.15, 0.2) is 0 Å². The molecular formula is C12H24N2O3S. The van der Waals surface area contributed by atoms with Gasteiger partial charge in [0.05, 0.1) is 11.4 Å². The molecule has 2 aliphatic carbocycles. The van der Waals surface area contributed by atoms with Crippen LogP contribution < -0.4 is 10.5 Å². The maximum atomic E-state index is 11.5. The first-order valence-electron chi connectivity index (χ1n) is 6.93. The second-order valence-corrected chi connectivity index (χ2v) is 7.45. The third-order valence-electron chi connectivity index (χ3n) is 3.66. The van der Waals surface area contributed by atoms with Crippen LogP contribution in [0.1, 0.15) is 44.9 Å². The Hall–Kier alpha value is -0.170. The Kier molecular flexibility index (Phi) is 5.00. The molecule has 0 heterocycles. The molecular weight excluding hydrogens is 252 g/mol. The van der Waals surface area contributed by atoms with E-state index in [0.717, 1.165) is 44.9 Å². The minimum absolute atomic E-state index is 0.127. The van der Waals surface area contributed by atoms with Gasteiger partial charge in [0.1, 0.15) is 0 Å². The molecule has 3 N–H and O–H groups in total. The monoisotopic (exact) mass is 276 g/mol. The highest BCUT2D eigenvalue weighted by Gasteiger charge is 2.35. The number of sulfonamides is 1. The molecule has 2 saturated carbocycles. The zero-order valence-electron chi connectivity index (χ0n) is 10.8. The van der Waals surface area contributed by atoms with Crippen molar-refractivity contribution in [3.05, 3.63) is 0 Å². The summed E-state index contributed by atoms with van der Waals surface area (Å²) in [4.78, 5) is 0. The van der Waals surface area contributed by atoms with Crippen molar-refractivity contribution < 1.29 is 13.2 Å². The second kappa shape index (κ2) is 6.32. The minimum Gasteiger partial charge on any atom is -0.378 e. The van der Waals surface area contributed by atoms with Crippen LogP contribution in [0.25, 0.3) is 0 Å². The third kappa shape index (κ3) is 4.50. The SMILES string of the molecule is NC1CCC(OCCCNS(=O)(=O)C2CC2)CC1. The first kappa shape index (κ1) is 14.2. The van der Waals surface area contributed by atoms with Gasteiger partial charge in [0.15, 0.2) is 0 Å². The molecule has 0 aromatic rings. The van der Waals surface area contributed by atoms with Crippen LogP contribution in [0.4, 0.5) is 0 Å². The Morgan fingerprint density at radius 3 is 2.39 bits per heavy atom. The Bertz CT molecular complexity index is 346. The van der Waals surface area contributed by atoms with Gasteiger partial charge in [-0.3, -0.25) is 0 Å². The van der Waals surface area contributed by atoms with E-state index in [9.17, 15) is 8.42 Å². The molecule has 2 rings (SSSR count). The lowest BCUT2D eigenvalue weighted by Gasteiger charge is -2.26. The van der Waals surface area contributed by atoms with Gasteiger partial charge in [0.25, 0.3) is 0 Å². The smallest absolute Gasteiger partial charge is 0.214 e. The normalized spacial score (nSPS) is 29.4. The van der Waals surface area contributed by atoms with E-state index in [1.807, 2.05) is 0 Å². The van der Waals surface area contributed by atoms with Gasteiger partial charge in [-0.1, -0.05) is 0 Å².